The highest BCUT2D eigenvalue weighted by atomic mass is 16.1. The van der Waals surface area contributed by atoms with E-state index in [0.717, 1.165) is 22.2 Å². The lowest BCUT2D eigenvalue weighted by atomic mass is 10.1. The summed E-state index contributed by atoms with van der Waals surface area (Å²) in [5.41, 5.74) is 4.00. The number of hydrogen-bond donors (Lipinski definition) is 1. The molecule has 2 aromatic carbocycles. The van der Waals surface area contributed by atoms with Crippen LogP contribution in [0.1, 0.15) is 25.1 Å². The quantitative estimate of drug-likeness (QED) is 0.584. The first-order valence-corrected chi connectivity index (χ1v) is 7.38. The first-order chi connectivity index (χ1) is 11.1. The van der Waals surface area contributed by atoms with E-state index in [1.165, 1.54) is 6.92 Å². The van der Waals surface area contributed by atoms with Crippen LogP contribution in [-0.4, -0.2) is 21.3 Å². The van der Waals surface area contributed by atoms with Crippen LogP contribution in [0.2, 0.25) is 0 Å². The molecule has 4 heteroatoms. The summed E-state index contributed by atoms with van der Waals surface area (Å²) >= 11 is 0. The summed E-state index contributed by atoms with van der Waals surface area (Å²) in [6.07, 6.45) is 3.34. The van der Waals surface area contributed by atoms with Gasteiger partial charge in [0.05, 0.1) is 16.9 Å². The minimum atomic E-state index is 0.0262. The molecule has 3 rings (SSSR count). The summed E-state index contributed by atoms with van der Waals surface area (Å²) < 4.78 is 1.85. The average Bonchev–Trinajstić information content (AvgIpc) is 2.93. The molecule has 1 N–H and O–H groups in total. The standard InChI is InChI=1S/C19H17N3O/c1-13(23)7-8-15-9-11-16(12-10-15)22-18-6-4-3-5-17(18)19(21-22)14(2)20/h3-12,20H,1-2H3. The third kappa shape index (κ3) is 2.97. The molecule has 114 valence electrons. The van der Waals surface area contributed by atoms with E-state index in [0.29, 0.717) is 11.4 Å². The Morgan fingerprint density at radius 3 is 2.43 bits per heavy atom. The molecule has 23 heavy (non-hydrogen) atoms. The lowest BCUT2D eigenvalue weighted by Gasteiger charge is -2.04. The van der Waals surface area contributed by atoms with Crippen molar-refractivity contribution in [1.29, 1.82) is 5.41 Å². The number of para-hydroxylation sites is 1. The molecule has 0 spiro atoms. The van der Waals surface area contributed by atoms with Gasteiger partial charge in [0.15, 0.2) is 5.78 Å². The van der Waals surface area contributed by atoms with Crippen LogP contribution in [0.4, 0.5) is 0 Å². The maximum absolute atomic E-state index is 11.0. The molecule has 1 heterocycles. The van der Waals surface area contributed by atoms with Crippen LogP contribution >= 0.6 is 0 Å². The number of carbonyl (C=O) groups excluding carboxylic acids is 1. The number of allylic oxidation sites excluding steroid dienone is 1. The van der Waals surface area contributed by atoms with Crippen molar-refractivity contribution in [3.05, 3.63) is 65.9 Å². The molecular formula is C19H17N3O. The van der Waals surface area contributed by atoms with Gasteiger partial charge in [-0.15, -0.1) is 0 Å². The van der Waals surface area contributed by atoms with E-state index >= 15 is 0 Å². The lowest BCUT2D eigenvalue weighted by molar-refractivity contribution is -0.112. The molecule has 0 radical (unpaired) electrons. The summed E-state index contributed by atoms with van der Waals surface area (Å²) in [6.45, 7) is 3.27. The molecule has 0 aliphatic carbocycles. The molecule has 0 bridgehead atoms. The Balaban J connectivity index is 2.07. The first-order valence-electron chi connectivity index (χ1n) is 7.38. The highest BCUT2D eigenvalue weighted by Crippen LogP contribution is 2.22. The third-order valence-electron chi connectivity index (χ3n) is 3.59. The van der Waals surface area contributed by atoms with Gasteiger partial charge in [-0.1, -0.05) is 36.4 Å². The average molecular weight is 303 g/mol. The Labute approximate surface area is 134 Å². The number of hydrogen-bond acceptors (Lipinski definition) is 3. The number of aromatic nitrogens is 2. The normalized spacial score (nSPS) is 11.2. The molecule has 0 amide bonds. The molecule has 4 nitrogen and oxygen atoms in total. The number of nitrogens with one attached hydrogen (secondary N) is 1. The minimum Gasteiger partial charge on any atom is -0.303 e. The van der Waals surface area contributed by atoms with Crippen LogP contribution < -0.4 is 0 Å². The highest BCUT2D eigenvalue weighted by Gasteiger charge is 2.12. The molecule has 0 atom stereocenters. The number of rotatable bonds is 4. The van der Waals surface area contributed by atoms with Crippen LogP contribution in [0.25, 0.3) is 22.7 Å². The minimum absolute atomic E-state index is 0.0262. The molecule has 0 saturated heterocycles. The fourth-order valence-electron chi connectivity index (χ4n) is 2.48. The maximum Gasteiger partial charge on any atom is 0.152 e. The van der Waals surface area contributed by atoms with Crippen LogP contribution in [0.5, 0.6) is 0 Å². The van der Waals surface area contributed by atoms with Crippen molar-refractivity contribution in [3.63, 3.8) is 0 Å². The molecule has 0 aliphatic rings. The van der Waals surface area contributed by atoms with E-state index in [-0.39, 0.29) is 5.78 Å². The fraction of sp³-hybridized carbons (Fsp3) is 0.105. The molecule has 3 aromatic rings. The fourth-order valence-corrected chi connectivity index (χ4v) is 2.48. The van der Waals surface area contributed by atoms with E-state index < -0.39 is 0 Å². The highest BCUT2D eigenvalue weighted by molar-refractivity contribution is 6.06. The summed E-state index contributed by atoms with van der Waals surface area (Å²) in [6, 6.07) is 15.7. The molecule has 1 aromatic heterocycles. The Hall–Kier alpha value is -3.01. The van der Waals surface area contributed by atoms with E-state index in [2.05, 4.69) is 5.10 Å². The summed E-state index contributed by atoms with van der Waals surface area (Å²) in [5.74, 6) is 0.0262. The second kappa shape index (κ2) is 6.01. The lowest BCUT2D eigenvalue weighted by Crippen LogP contribution is -1.99. The van der Waals surface area contributed by atoms with Crippen molar-refractivity contribution in [2.24, 2.45) is 0 Å². The van der Waals surface area contributed by atoms with Crippen molar-refractivity contribution in [2.75, 3.05) is 0 Å². The van der Waals surface area contributed by atoms with Gasteiger partial charge in [0.25, 0.3) is 0 Å². The van der Waals surface area contributed by atoms with Gasteiger partial charge < -0.3 is 5.41 Å². The second-order valence-electron chi connectivity index (χ2n) is 5.44. The largest absolute Gasteiger partial charge is 0.303 e. The van der Waals surface area contributed by atoms with Crippen LogP contribution in [-0.2, 0) is 4.79 Å². The maximum atomic E-state index is 11.0. The Morgan fingerprint density at radius 1 is 1.09 bits per heavy atom. The second-order valence-corrected chi connectivity index (χ2v) is 5.44. The van der Waals surface area contributed by atoms with Crippen LogP contribution in [0, 0.1) is 5.41 Å². The zero-order chi connectivity index (χ0) is 16.4. The Bertz CT molecular complexity index is 917. The van der Waals surface area contributed by atoms with Gasteiger partial charge in [-0.05, 0) is 43.7 Å². The van der Waals surface area contributed by atoms with Crippen molar-refractivity contribution >= 4 is 28.5 Å². The van der Waals surface area contributed by atoms with Crippen molar-refractivity contribution in [2.45, 2.75) is 13.8 Å². The van der Waals surface area contributed by atoms with Crippen LogP contribution in [0.15, 0.2) is 54.6 Å². The number of benzene rings is 2. The van der Waals surface area contributed by atoms with Gasteiger partial charge in [-0.25, -0.2) is 4.68 Å². The van der Waals surface area contributed by atoms with Gasteiger partial charge in [0, 0.05) is 5.39 Å². The summed E-state index contributed by atoms with van der Waals surface area (Å²) in [7, 11) is 0. The summed E-state index contributed by atoms with van der Waals surface area (Å²) in [5, 5.41) is 13.5. The number of nitrogens with zero attached hydrogens (tertiary/aromatic N) is 2. The van der Waals surface area contributed by atoms with Crippen molar-refractivity contribution in [3.8, 4) is 5.69 Å². The molecule has 0 unspecified atom stereocenters. The van der Waals surface area contributed by atoms with E-state index in [1.54, 1.807) is 19.1 Å². The topological polar surface area (TPSA) is 58.7 Å². The SMILES string of the molecule is CC(=N)c1nn(-c2ccc(C=CC(C)=O)cc2)c2ccccc12. The number of carbonyl (C=O) groups is 1. The smallest absolute Gasteiger partial charge is 0.152 e. The third-order valence-corrected chi connectivity index (χ3v) is 3.59. The van der Waals surface area contributed by atoms with Crippen molar-refractivity contribution < 1.29 is 4.79 Å². The Morgan fingerprint density at radius 2 is 1.78 bits per heavy atom. The van der Waals surface area contributed by atoms with E-state index in [1.807, 2.05) is 53.2 Å². The zero-order valence-corrected chi connectivity index (χ0v) is 13.1. The van der Waals surface area contributed by atoms with Gasteiger partial charge in [-0.3, -0.25) is 4.79 Å². The van der Waals surface area contributed by atoms with Gasteiger partial charge in [-0.2, -0.15) is 5.10 Å². The van der Waals surface area contributed by atoms with Gasteiger partial charge >= 0.3 is 0 Å². The van der Waals surface area contributed by atoms with Gasteiger partial charge in [0.1, 0.15) is 5.69 Å². The predicted molar refractivity (Wildman–Crippen MR) is 93.3 cm³/mol. The molecule has 0 fully saturated rings. The van der Waals surface area contributed by atoms with E-state index in [9.17, 15) is 4.79 Å². The first kappa shape index (κ1) is 14.9. The van der Waals surface area contributed by atoms with Crippen molar-refractivity contribution in [1.82, 2.24) is 9.78 Å². The molecule has 0 aliphatic heterocycles. The van der Waals surface area contributed by atoms with E-state index in [4.69, 9.17) is 5.41 Å². The number of fused-ring (bicyclic) bond motifs is 1. The Kier molecular flexibility index (Phi) is 3.89. The monoisotopic (exact) mass is 303 g/mol. The predicted octanol–water partition coefficient (Wildman–Crippen LogP) is 4.02. The molecular weight excluding hydrogens is 286 g/mol. The van der Waals surface area contributed by atoms with Gasteiger partial charge in [0.2, 0.25) is 0 Å². The summed E-state index contributed by atoms with van der Waals surface area (Å²) in [4.78, 5) is 11.0. The zero-order valence-electron chi connectivity index (χ0n) is 13.1. The number of ketones is 1. The van der Waals surface area contributed by atoms with Crippen LogP contribution in [0.3, 0.4) is 0 Å². The molecule has 0 saturated carbocycles.